The summed E-state index contributed by atoms with van der Waals surface area (Å²) in [6.07, 6.45) is -0.128. The number of aliphatic hydroxyl groups is 1. The van der Waals surface area contributed by atoms with E-state index in [9.17, 15) is 19.5 Å². The molecule has 0 aromatic heterocycles. The summed E-state index contributed by atoms with van der Waals surface area (Å²) in [4.78, 5) is 37.9. The Balaban J connectivity index is 2.08. The number of carboxylic acid groups (broad SMARTS) is 1. The van der Waals surface area contributed by atoms with Crippen LogP contribution in [0.2, 0.25) is 0 Å². The van der Waals surface area contributed by atoms with Gasteiger partial charge in [0.25, 0.3) is 5.91 Å². The Labute approximate surface area is 162 Å². The van der Waals surface area contributed by atoms with Gasteiger partial charge in [-0.25, -0.2) is 0 Å². The van der Waals surface area contributed by atoms with E-state index in [0.717, 1.165) is 0 Å². The zero-order valence-electron chi connectivity index (χ0n) is 15.6. The lowest BCUT2D eigenvalue weighted by molar-refractivity contribution is -0.136. The lowest BCUT2D eigenvalue weighted by Crippen LogP contribution is -2.31. The summed E-state index contributed by atoms with van der Waals surface area (Å²) >= 11 is 0. The van der Waals surface area contributed by atoms with Gasteiger partial charge in [0.1, 0.15) is 0 Å². The van der Waals surface area contributed by atoms with Gasteiger partial charge in [0.05, 0.1) is 18.0 Å². The molecule has 2 aromatic carbocycles. The third kappa shape index (κ3) is 3.53. The maximum Gasteiger partial charge on any atom is 0.307 e. The molecular weight excluding hydrogens is 358 g/mol. The van der Waals surface area contributed by atoms with Gasteiger partial charge in [0, 0.05) is 11.6 Å². The van der Waals surface area contributed by atoms with E-state index in [1.165, 1.54) is 4.90 Å². The van der Waals surface area contributed by atoms with Gasteiger partial charge in [-0.3, -0.25) is 19.3 Å². The summed E-state index contributed by atoms with van der Waals surface area (Å²) in [5.41, 5.74) is 1.86. The number of carbonyl (C=O) groups is 3. The van der Waals surface area contributed by atoms with Crippen molar-refractivity contribution in [3.8, 4) is 0 Å². The molecule has 0 fully saturated rings. The van der Waals surface area contributed by atoms with E-state index >= 15 is 0 Å². The first-order valence-corrected chi connectivity index (χ1v) is 8.97. The monoisotopic (exact) mass is 379 g/mol. The molecule has 1 aliphatic heterocycles. The van der Waals surface area contributed by atoms with Crippen LogP contribution in [0.3, 0.4) is 0 Å². The number of carboxylic acids is 1. The molecule has 0 aliphatic carbocycles. The van der Waals surface area contributed by atoms with Crippen molar-refractivity contribution in [2.45, 2.75) is 26.3 Å². The fraction of sp³-hybridized carbons (Fsp3) is 0.227. The van der Waals surface area contributed by atoms with Crippen LogP contribution >= 0.6 is 0 Å². The van der Waals surface area contributed by atoms with Gasteiger partial charge in [-0.2, -0.15) is 0 Å². The van der Waals surface area contributed by atoms with Crippen LogP contribution in [0.4, 0.5) is 5.69 Å². The summed E-state index contributed by atoms with van der Waals surface area (Å²) in [5, 5.41) is 19.4. The molecule has 6 heteroatoms. The molecule has 1 atom stereocenters. The van der Waals surface area contributed by atoms with Gasteiger partial charge in [-0.05, 0) is 23.3 Å². The number of benzene rings is 2. The predicted molar refractivity (Wildman–Crippen MR) is 104 cm³/mol. The lowest BCUT2D eigenvalue weighted by Gasteiger charge is -2.27. The van der Waals surface area contributed by atoms with E-state index in [4.69, 9.17) is 5.11 Å². The van der Waals surface area contributed by atoms with Crippen molar-refractivity contribution in [3.63, 3.8) is 0 Å². The average molecular weight is 379 g/mol. The normalized spacial score (nSPS) is 16.8. The van der Waals surface area contributed by atoms with Crippen LogP contribution in [0.25, 0.3) is 0 Å². The smallest absolute Gasteiger partial charge is 0.307 e. The Hall–Kier alpha value is -3.41. The van der Waals surface area contributed by atoms with Gasteiger partial charge in [-0.15, -0.1) is 0 Å². The Bertz CT molecular complexity index is 945. The highest BCUT2D eigenvalue weighted by atomic mass is 16.4. The van der Waals surface area contributed by atoms with E-state index in [1.54, 1.807) is 62.4 Å². The first-order valence-electron chi connectivity index (χ1n) is 8.97. The van der Waals surface area contributed by atoms with Crippen LogP contribution < -0.4 is 4.90 Å². The quantitative estimate of drug-likeness (QED) is 0.802. The minimum Gasteiger partial charge on any atom is -0.503 e. The third-order valence-corrected chi connectivity index (χ3v) is 4.68. The molecule has 2 aromatic rings. The summed E-state index contributed by atoms with van der Waals surface area (Å²) in [5.74, 6) is -2.80. The second-order valence-corrected chi connectivity index (χ2v) is 7.01. The molecule has 0 bridgehead atoms. The molecule has 6 nitrogen and oxygen atoms in total. The van der Waals surface area contributed by atoms with Gasteiger partial charge in [0.15, 0.2) is 11.5 Å². The molecule has 0 saturated heterocycles. The van der Waals surface area contributed by atoms with E-state index in [2.05, 4.69) is 0 Å². The van der Waals surface area contributed by atoms with Crippen molar-refractivity contribution in [1.29, 1.82) is 0 Å². The number of carbonyl (C=O) groups excluding carboxylic acids is 2. The van der Waals surface area contributed by atoms with Gasteiger partial charge >= 0.3 is 5.97 Å². The molecule has 28 heavy (non-hydrogen) atoms. The van der Waals surface area contributed by atoms with Crippen LogP contribution in [0.1, 0.15) is 31.0 Å². The third-order valence-electron chi connectivity index (χ3n) is 4.68. The zero-order valence-corrected chi connectivity index (χ0v) is 15.6. The Kier molecular flexibility index (Phi) is 5.31. The van der Waals surface area contributed by atoms with Gasteiger partial charge in [-0.1, -0.05) is 56.3 Å². The van der Waals surface area contributed by atoms with Gasteiger partial charge < -0.3 is 10.2 Å². The van der Waals surface area contributed by atoms with Crippen molar-refractivity contribution in [3.05, 3.63) is 77.1 Å². The topological polar surface area (TPSA) is 94.9 Å². The number of amides is 1. The Morgan fingerprint density at radius 2 is 1.64 bits per heavy atom. The molecule has 144 valence electrons. The van der Waals surface area contributed by atoms with Crippen molar-refractivity contribution in [2.75, 3.05) is 4.90 Å². The second kappa shape index (κ2) is 7.68. The summed E-state index contributed by atoms with van der Waals surface area (Å²) in [6, 6.07) is 14.8. The second-order valence-electron chi connectivity index (χ2n) is 7.01. The van der Waals surface area contributed by atoms with Crippen LogP contribution in [0, 0.1) is 5.92 Å². The molecule has 1 heterocycles. The average Bonchev–Trinajstić information content (AvgIpc) is 2.93. The Morgan fingerprint density at radius 3 is 2.18 bits per heavy atom. The number of aliphatic carboxylic acids is 1. The highest BCUT2D eigenvalue weighted by Crippen LogP contribution is 2.41. The molecule has 2 N–H and O–H groups in total. The van der Waals surface area contributed by atoms with E-state index in [0.29, 0.717) is 16.8 Å². The zero-order chi connectivity index (χ0) is 20.4. The van der Waals surface area contributed by atoms with E-state index < -0.39 is 23.7 Å². The minimum atomic E-state index is -0.948. The van der Waals surface area contributed by atoms with Crippen LogP contribution in [-0.2, 0) is 20.8 Å². The molecule has 0 saturated carbocycles. The van der Waals surface area contributed by atoms with Crippen LogP contribution in [0.5, 0.6) is 0 Å². The number of hydrogen-bond acceptors (Lipinski definition) is 4. The molecule has 0 spiro atoms. The van der Waals surface area contributed by atoms with Gasteiger partial charge in [0.2, 0.25) is 0 Å². The summed E-state index contributed by atoms with van der Waals surface area (Å²) in [7, 11) is 0. The highest BCUT2D eigenvalue weighted by Gasteiger charge is 2.44. The van der Waals surface area contributed by atoms with Crippen molar-refractivity contribution < 1.29 is 24.6 Å². The molecule has 0 radical (unpaired) electrons. The number of rotatable bonds is 6. The fourth-order valence-corrected chi connectivity index (χ4v) is 3.33. The van der Waals surface area contributed by atoms with Crippen LogP contribution in [0.15, 0.2) is 65.9 Å². The first kappa shape index (κ1) is 19.4. The summed E-state index contributed by atoms with van der Waals surface area (Å²) in [6.45, 7) is 3.44. The predicted octanol–water partition coefficient (Wildman–Crippen LogP) is 3.44. The first-order chi connectivity index (χ1) is 13.3. The lowest BCUT2D eigenvalue weighted by atomic mass is 9.91. The maximum atomic E-state index is 12.9. The van der Waals surface area contributed by atoms with E-state index in [1.807, 2.05) is 6.07 Å². The SMILES string of the molecule is CC(C)C(=O)C1=C(O)C(=O)N(c2ccc(CC(=O)O)cc2)C1c1ccccc1. The standard InChI is InChI=1S/C22H21NO5/c1-13(2)20(26)18-19(15-6-4-3-5-7-15)23(22(28)21(18)27)16-10-8-14(9-11-16)12-17(24)25/h3-11,13,19,27H,12H2,1-2H3,(H,24,25). The number of anilines is 1. The summed E-state index contributed by atoms with van der Waals surface area (Å²) < 4.78 is 0. The maximum absolute atomic E-state index is 12.9. The van der Waals surface area contributed by atoms with Crippen molar-refractivity contribution >= 4 is 23.3 Å². The largest absolute Gasteiger partial charge is 0.503 e. The fourth-order valence-electron chi connectivity index (χ4n) is 3.33. The number of ketones is 1. The Morgan fingerprint density at radius 1 is 1.04 bits per heavy atom. The molecular formula is C22H21NO5. The number of hydrogen-bond donors (Lipinski definition) is 2. The van der Waals surface area contributed by atoms with Crippen molar-refractivity contribution in [2.24, 2.45) is 5.92 Å². The number of aliphatic hydroxyl groups excluding tert-OH is 1. The highest BCUT2D eigenvalue weighted by molar-refractivity contribution is 6.16. The molecule has 1 aliphatic rings. The van der Waals surface area contributed by atoms with E-state index in [-0.39, 0.29) is 23.7 Å². The number of nitrogens with zero attached hydrogens (tertiary/aromatic N) is 1. The molecule has 1 amide bonds. The minimum absolute atomic E-state index is 0.0841. The molecule has 1 unspecified atom stereocenters. The number of Topliss-reactive ketones (excluding diaryl/α,β-unsaturated/α-hetero) is 1. The van der Waals surface area contributed by atoms with Crippen molar-refractivity contribution in [1.82, 2.24) is 0 Å². The van der Waals surface area contributed by atoms with Crippen LogP contribution in [-0.4, -0.2) is 27.9 Å². The molecule has 3 rings (SSSR count).